The molecule has 1 aliphatic rings. The van der Waals surface area contributed by atoms with Crippen LogP contribution in [0.15, 0.2) is 42.5 Å². The van der Waals surface area contributed by atoms with Crippen molar-refractivity contribution in [1.29, 1.82) is 0 Å². The van der Waals surface area contributed by atoms with Gasteiger partial charge in [0, 0.05) is 16.3 Å². The molecule has 3 nitrogen and oxygen atoms in total. The van der Waals surface area contributed by atoms with Gasteiger partial charge in [0.05, 0.1) is 5.52 Å². The molecule has 0 spiro atoms. The zero-order chi connectivity index (χ0) is 12.1. The Labute approximate surface area is 104 Å². The van der Waals surface area contributed by atoms with E-state index in [1.165, 1.54) is 5.39 Å². The Bertz CT molecular complexity index is 732. The third-order valence-corrected chi connectivity index (χ3v) is 3.39. The third-order valence-electron chi connectivity index (χ3n) is 3.39. The summed E-state index contributed by atoms with van der Waals surface area (Å²) in [5, 5.41) is 2.33. The van der Waals surface area contributed by atoms with Crippen LogP contribution in [0, 0.1) is 0 Å². The van der Waals surface area contributed by atoms with Crippen LogP contribution in [0.1, 0.15) is 6.92 Å². The number of para-hydroxylation sites is 1. The minimum Gasteiger partial charge on any atom is -0.461 e. The number of aromatic amines is 1. The fourth-order valence-corrected chi connectivity index (χ4v) is 2.38. The van der Waals surface area contributed by atoms with Gasteiger partial charge in [-0.05, 0) is 25.1 Å². The van der Waals surface area contributed by atoms with Crippen molar-refractivity contribution >= 4 is 21.8 Å². The van der Waals surface area contributed by atoms with Gasteiger partial charge in [0.15, 0.2) is 0 Å². The molecule has 0 amide bonds. The Morgan fingerprint density at radius 3 is 2.67 bits per heavy atom. The Morgan fingerprint density at radius 1 is 1.06 bits per heavy atom. The lowest BCUT2D eigenvalue weighted by molar-refractivity contribution is 0.181. The topological polar surface area (TPSA) is 37.5 Å². The second-order valence-corrected chi connectivity index (χ2v) is 4.68. The first-order valence-electron chi connectivity index (χ1n) is 6.14. The van der Waals surface area contributed by atoms with Crippen molar-refractivity contribution in [2.45, 2.75) is 19.3 Å². The highest BCUT2D eigenvalue weighted by Gasteiger charge is 2.37. The number of rotatable bonds is 2. The maximum Gasteiger partial charge on any atom is 0.226 e. The molecule has 18 heavy (non-hydrogen) atoms. The van der Waals surface area contributed by atoms with Gasteiger partial charge in [0.2, 0.25) is 6.29 Å². The van der Waals surface area contributed by atoms with E-state index in [9.17, 15) is 0 Å². The van der Waals surface area contributed by atoms with E-state index in [1.807, 2.05) is 31.2 Å². The molecule has 2 aromatic carbocycles. The van der Waals surface area contributed by atoms with Crippen LogP contribution in [-0.2, 0) is 4.74 Å². The van der Waals surface area contributed by atoms with E-state index in [4.69, 9.17) is 9.47 Å². The van der Waals surface area contributed by atoms with Crippen molar-refractivity contribution in [3.63, 3.8) is 0 Å². The fourth-order valence-electron chi connectivity index (χ4n) is 2.38. The molecule has 0 radical (unpaired) electrons. The largest absolute Gasteiger partial charge is 0.461 e. The molecular formula is C15H13NO2. The number of hydrogen-bond donors (Lipinski definition) is 1. The number of H-pyrrole nitrogens is 1. The molecule has 2 heterocycles. The van der Waals surface area contributed by atoms with Crippen LogP contribution >= 0.6 is 0 Å². The Kier molecular flexibility index (Phi) is 1.94. The van der Waals surface area contributed by atoms with Gasteiger partial charge in [0.1, 0.15) is 11.9 Å². The Morgan fingerprint density at radius 2 is 1.83 bits per heavy atom. The van der Waals surface area contributed by atoms with E-state index in [-0.39, 0.29) is 12.4 Å². The van der Waals surface area contributed by atoms with Gasteiger partial charge < -0.3 is 14.5 Å². The first-order chi connectivity index (χ1) is 8.83. The SMILES string of the molecule is CC1OC1Oc1cccc2[nH]c3ccccc3c12. The molecule has 0 bridgehead atoms. The molecule has 0 aliphatic carbocycles. The molecule has 90 valence electrons. The van der Waals surface area contributed by atoms with Crippen LogP contribution in [0.4, 0.5) is 0 Å². The summed E-state index contributed by atoms with van der Waals surface area (Å²) < 4.78 is 11.2. The fraction of sp³-hybridized carbons (Fsp3) is 0.200. The predicted molar refractivity (Wildman–Crippen MR) is 70.8 cm³/mol. The molecule has 2 atom stereocenters. The van der Waals surface area contributed by atoms with Crippen molar-refractivity contribution < 1.29 is 9.47 Å². The lowest BCUT2D eigenvalue weighted by atomic mass is 10.1. The van der Waals surface area contributed by atoms with Crippen LogP contribution in [0.25, 0.3) is 21.8 Å². The lowest BCUT2D eigenvalue weighted by Crippen LogP contribution is -2.01. The standard InChI is InChI=1S/C15H13NO2/c1-9-15(17-9)18-13-8-4-7-12-14(13)10-5-2-3-6-11(10)16-12/h2-9,15-16H,1H3. The zero-order valence-electron chi connectivity index (χ0n) is 10.0. The average molecular weight is 239 g/mol. The van der Waals surface area contributed by atoms with Crippen molar-refractivity contribution in [1.82, 2.24) is 4.98 Å². The number of hydrogen-bond acceptors (Lipinski definition) is 2. The molecule has 0 saturated carbocycles. The lowest BCUT2D eigenvalue weighted by Gasteiger charge is -2.04. The summed E-state index contributed by atoms with van der Waals surface area (Å²) in [4.78, 5) is 3.40. The van der Waals surface area contributed by atoms with Gasteiger partial charge in [-0.3, -0.25) is 0 Å². The number of aromatic nitrogens is 1. The van der Waals surface area contributed by atoms with Crippen LogP contribution in [0.2, 0.25) is 0 Å². The summed E-state index contributed by atoms with van der Waals surface area (Å²) >= 11 is 0. The van der Waals surface area contributed by atoms with E-state index in [0.29, 0.717) is 0 Å². The number of epoxide rings is 1. The third kappa shape index (κ3) is 1.41. The van der Waals surface area contributed by atoms with Crippen molar-refractivity contribution in [3.8, 4) is 5.75 Å². The Balaban J connectivity index is 1.95. The van der Waals surface area contributed by atoms with Crippen LogP contribution in [0.3, 0.4) is 0 Å². The number of ether oxygens (including phenoxy) is 2. The number of fused-ring (bicyclic) bond motifs is 3. The van der Waals surface area contributed by atoms with Crippen LogP contribution in [0.5, 0.6) is 5.75 Å². The van der Waals surface area contributed by atoms with Crippen LogP contribution < -0.4 is 4.74 Å². The molecule has 1 aromatic heterocycles. The zero-order valence-corrected chi connectivity index (χ0v) is 10.0. The van der Waals surface area contributed by atoms with E-state index < -0.39 is 0 Å². The summed E-state index contributed by atoms with van der Waals surface area (Å²) in [5.74, 6) is 0.888. The summed E-state index contributed by atoms with van der Waals surface area (Å²) in [6.45, 7) is 2.01. The predicted octanol–water partition coefficient (Wildman–Crippen LogP) is 3.44. The van der Waals surface area contributed by atoms with Crippen LogP contribution in [-0.4, -0.2) is 17.4 Å². The highest BCUT2D eigenvalue weighted by molar-refractivity contribution is 6.10. The second kappa shape index (κ2) is 3.50. The second-order valence-electron chi connectivity index (χ2n) is 4.68. The van der Waals surface area contributed by atoms with E-state index in [2.05, 4.69) is 23.2 Å². The average Bonchev–Trinajstić information content (AvgIpc) is 2.94. The van der Waals surface area contributed by atoms with E-state index >= 15 is 0 Å². The molecule has 3 heteroatoms. The normalized spacial score (nSPS) is 22.5. The molecule has 2 unspecified atom stereocenters. The first-order valence-corrected chi connectivity index (χ1v) is 6.14. The summed E-state index contributed by atoms with van der Waals surface area (Å²) in [6.07, 6.45) is 0.106. The maximum atomic E-state index is 5.88. The highest BCUT2D eigenvalue weighted by atomic mass is 16.8. The molecule has 4 rings (SSSR count). The summed E-state index contributed by atoms with van der Waals surface area (Å²) in [6, 6.07) is 14.3. The molecule has 1 fully saturated rings. The molecule has 1 aliphatic heterocycles. The molecule has 1 N–H and O–H groups in total. The van der Waals surface area contributed by atoms with Gasteiger partial charge in [-0.1, -0.05) is 24.3 Å². The number of nitrogens with one attached hydrogen (secondary N) is 1. The van der Waals surface area contributed by atoms with Crippen molar-refractivity contribution in [2.24, 2.45) is 0 Å². The van der Waals surface area contributed by atoms with Gasteiger partial charge in [-0.15, -0.1) is 0 Å². The quantitative estimate of drug-likeness (QED) is 0.695. The van der Waals surface area contributed by atoms with Gasteiger partial charge in [-0.25, -0.2) is 0 Å². The van der Waals surface area contributed by atoms with E-state index in [0.717, 1.165) is 22.2 Å². The first kappa shape index (κ1) is 9.97. The maximum absolute atomic E-state index is 5.88. The number of benzene rings is 2. The minimum atomic E-state index is -0.0933. The van der Waals surface area contributed by atoms with Gasteiger partial charge in [-0.2, -0.15) is 0 Å². The Hall–Kier alpha value is -2.00. The van der Waals surface area contributed by atoms with Crippen molar-refractivity contribution in [2.75, 3.05) is 0 Å². The highest BCUT2D eigenvalue weighted by Crippen LogP contribution is 2.35. The van der Waals surface area contributed by atoms with E-state index in [1.54, 1.807) is 0 Å². The molecule has 3 aromatic rings. The monoisotopic (exact) mass is 239 g/mol. The molecular weight excluding hydrogens is 226 g/mol. The van der Waals surface area contributed by atoms with Gasteiger partial charge in [0.25, 0.3) is 0 Å². The summed E-state index contributed by atoms with van der Waals surface area (Å²) in [7, 11) is 0. The minimum absolute atomic E-state index is 0.0933. The molecule has 1 saturated heterocycles. The smallest absolute Gasteiger partial charge is 0.226 e. The van der Waals surface area contributed by atoms with Gasteiger partial charge >= 0.3 is 0 Å². The van der Waals surface area contributed by atoms with Crippen molar-refractivity contribution in [3.05, 3.63) is 42.5 Å². The summed E-state index contributed by atoms with van der Waals surface area (Å²) in [5.41, 5.74) is 2.23.